The molecule has 1 N–H and O–H groups in total. The van der Waals surface area contributed by atoms with E-state index in [1.807, 2.05) is 34.6 Å². The maximum absolute atomic E-state index is 14.7. The number of likely N-dealkylation sites (N-methyl/N-ethyl adjacent to an activating group) is 1. The molecule has 0 radical (unpaired) electrons. The van der Waals surface area contributed by atoms with Crippen LogP contribution in [0, 0.1) is 41.4 Å². The predicted molar refractivity (Wildman–Crippen MR) is 203 cm³/mol. The van der Waals surface area contributed by atoms with Gasteiger partial charge in [-0.25, -0.2) is 4.79 Å². The number of aliphatic hydroxyl groups excluding tert-OH is 1. The number of hydrogen-bond acceptors (Lipinski definition) is 11. The van der Waals surface area contributed by atoms with E-state index in [0.29, 0.717) is 37.7 Å². The van der Waals surface area contributed by atoms with Crippen molar-refractivity contribution in [2.24, 2.45) is 41.4 Å². The van der Waals surface area contributed by atoms with Crippen molar-refractivity contribution < 1.29 is 52.6 Å². The highest BCUT2D eigenvalue weighted by Gasteiger charge is 2.52. The zero-order valence-electron chi connectivity index (χ0n) is 33.9. The molecule has 3 heterocycles. The second-order valence-corrected chi connectivity index (χ2v) is 17.0. The maximum atomic E-state index is 14.7. The molecule has 17 atom stereocenters. The summed E-state index contributed by atoms with van der Waals surface area (Å²) >= 11 is 0. The molecule has 6 aliphatic rings. The third kappa shape index (κ3) is 9.10. The summed E-state index contributed by atoms with van der Waals surface area (Å²) in [6.07, 6.45) is 9.89. The van der Waals surface area contributed by atoms with Crippen LogP contribution in [0.2, 0.25) is 0 Å². The molecule has 0 aromatic rings. The molecule has 4 fully saturated rings. The summed E-state index contributed by atoms with van der Waals surface area (Å²) in [5.74, 6) is -0.502. The van der Waals surface area contributed by atoms with Crippen molar-refractivity contribution in [3.63, 3.8) is 0 Å². The number of nitrogens with zero attached hydrogens (tertiary/aromatic N) is 1. The van der Waals surface area contributed by atoms with E-state index in [1.54, 1.807) is 25.1 Å². The molecule has 3 aliphatic heterocycles. The Morgan fingerprint density at radius 3 is 2.51 bits per heavy atom. The number of methoxy groups -OCH3 is 1. The van der Waals surface area contributed by atoms with Gasteiger partial charge in [-0.05, 0) is 88.0 Å². The van der Waals surface area contributed by atoms with E-state index in [1.165, 1.54) is 0 Å². The van der Waals surface area contributed by atoms with Gasteiger partial charge in [-0.3, -0.25) is 9.59 Å². The standard InChI is InChI=1S/C43H65NO11/c1-9-18-50-43(48)44(7)35-16-17-38(51-26(35)6)55-36-13-11-12-28(10-2)53-37(45)22-33-30-15-14-27-19-29(20-31(27)32(30)21-34(33)39(46)24(36)4)54-42-41(49-8)40(47)23(3)25(5)52-42/h9,14-15,21,23-33,35-36,38,40-42,47H,1,10-13,16-20,22H2,2-8H3/t23?,24-,25?,26?,27-,28+,29-,30-,31-,32-,33+,35+,36+,38+,40?,41?,42?/m1/s1. The van der Waals surface area contributed by atoms with E-state index in [2.05, 4.69) is 24.8 Å². The van der Waals surface area contributed by atoms with Gasteiger partial charge in [0.2, 0.25) is 0 Å². The summed E-state index contributed by atoms with van der Waals surface area (Å²) in [7, 11) is 3.30. The fourth-order valence-corrected chi connectivity index (χ4v) is 10.2. The number of allylic oxidation sites excluding steroid dienone is 4. The molecule has 1 amide bonds. The van der Waals surface area contributed by atoms with Gasteiger partial charge in [0.25, 0.3) is 0 Å². The van der Waals surface area contributed by atoms with Crippen LogP contribution in [-0.2, 0) is 42.7 Å². The molecule has 0 bridgehead atoms. The number of fused-ring (bicyclic) bond motifs is 5. The first kappa shape index (κ1) is 42.0. The number of carbonyl (C=O) groups is 3. The lowest BCUT2D eigenvalue weighted by Gasteiger charge is -2.42. The van der Waals surface area contributed by atoms with Crippen molar-refractivity contribution in [1.82, 2.24) is 4.90 Å². The number of esters is 1. The lowest BCUT2D eigenvalue weighted by atomic mass is 9.70. The lowest BCUT2D eigenvalue weighted by Crippen LogP contribution is -2.55. The molecule has 55 heavy (non-hydrogen) atoms. The summed E-state index contributed by atoms with van der Waals surface area (Å²) < 4.78 is 42.8. The summed E-state index contributed by atoms with van der Waals surface area (Å²) in [5, 5.41) is 10.9. The first-order chi connectivity index (χ1) is 26.3. The Hall–Kier alpha value is -2.61. The Labute approximate surface area is 327 Å². The molecule has 3 aliphatic carbocycles. The second kappa shape index (κ2) is 18.3. The van der Waals surface area contributed by atoms with Gasteiger partial charge in [-0.2, -0.15) is 0 Å². The highest BCUT2D eigenvalue weighted by Crippen LogP contribution is 2.54. The first-order valence-electron chi connectivity index (χ1n) is 20.8. The number of carbonyl (C=O) groups excluding carboxylic acids is 3. The van der Waals surface area contributed by atoms with Crippen LogP contribution in [0.25, 0.3) is 0 Å². The zero-order valence-corrected chi connectivity index (χ0v) is 33.9. The van der Waals surface area contributed by atoms with Crippen LogP contribution in [0.15, 0.2) is 36.5 Å². The largest absolute Gasteiger partial charge is 0.462 e. The Bertz CT molecular complexity index is 1430. The predicted octanol–water partition coefficient (Wildman–Crippen LogP) is 6.15. The minimum absolute atomic E-state index is 0.00365. The third-order valence-corrected chi connectivity index (χ3v) is 13.7. The topological polar surface area (TPSA) is 139 Å². The van der Waals surface area contributed by atoms with Crippen LogP contribution in [-0.4, -0.2) is 110 Å². The van der Waals surface area contributed by atoms with E-state index >= 15 is 0 Å². The highest BCUT2D eigenvalue weighted by molar-refractivity contribution is 5.99. The number of cyclic esters (lactones) is 1. The highest BCUT2D eigenvalue weighted by atomic mass is 16.7. The second-order valence-electron chi connectivity index (χ2n) is 17.0. The average molecular weight is 772 g/mol. The van der Waals surface area contributed by atoms with Crippen LogP contribution in [0.4, 0.5) is 4.79 Å². The maximum Gasteiger partial charge on any atom is 0.410 e. The summed E-state index contributed by atoms with van der Waals surface area (Å²) in [4.78, 5) is 42.3. The van der Waals surface area contributed by atoms with Crippen molar-refractivity contribution in [3.05, 3.63) is 36.5 Å². The quantitative estimate of drug-likeness (QED) is 0.214. The van der Waals surface area contributed by atoms with Gasteiger partial charge >= 0.3 is 12.1 Å². The number of aliphatic hydroxyl groups is 1. The van der Waals surface area contributed by atoms with Crippen LogP contribution in [0.1, 0.15) is 92.4 Å². The third-order valence-electron chi connectivity index (χ3n) is 13.7. The van der Waals surface area contributed by atoms with Crippen LogP contribution < -0.4 is 0 Å². The van der Waals surface area contributed by atoms with Crippen LogP contribution in [0.3, 0.4) is 0 Å². The van der Waals surface area contributed by atoms with Crippen molar-refractivity contribution in [3.8, 4) is 0 Å². The molecular formula is C43H65NO11. The van der Waals surface area contributed by atoms with Gasteiger partial charge in [-0.15, -0.1) is 0 Å². The normalized spacial score (nSPS) is 43.5. The molecule has 0 aromatic heterocycles. The van der Waals surface area contributed by atoms with Gasteiger partial charge < -0.3 is 43.2 Å². The molecule has 0 aromatic carbocycles. The number of rotatable bonds is 9. The first-order valence-corrected chi connectivity index (χ1v) is 20.8. The van der Waals surface area contributed by atoms with E-state index in [0.717, 1.165) is 19.3 Å². The number of hydrogen-bond donors (Lipinski definition) is 1. The SMILES string of the molecule is C=CCOC(=O)N(C)[C@H]1CC[C@H](O[C@H]2CCC[C@H](CC)OC(=O)C[C@@H]3C(=C[C@@H]4[C@H]3C=C[C@@H]3C[C@@H](OC5OC(C)C(C)C(O)C5OC)C[C@@H]43)C(=O)[C@@H]2C)OC1C. The van der Waals surface area contributed by atoms with E-state index in [-0.39, 0.29) is 90.7 Å². The van der Waals surface area contributed by atoms with Gasteiger partial charge in [-0.1, -0.05) is 51.7 Å². The Morgan fingerprint density at radius 1 is 1.02 bits per heavy atom. The van der Waals surface area contributed by atoms with Crippen LogP contribution in [0.5, 0.6) is 0 Å². The molecule has 0 spiro atoms. The average Bonchev–Trinajstić information content (AvgIpc) is 3.75. The molecule has 6 rings (SSSR count). The smallest absolute Gasteiger partial charge is 0.410 e. The summed E-state index contributed by atoms with van der Waals surface area (Å²) in [6.45, 7) is 13.6. The summed E-state index contributed by atoms with van der Waals surface area (Å²) in [6, 6.07) is -0.173. The van der Waals surface area contributed by atoms with Gasteiger partial charge in [0.15, 0.2) is 18.4 Å². The van der Waals surface area contributed by atoms with Gasteiger partial charge in [0, 0.05) is 38.3 Å². The number of ketones is 1. The summed E-state index contributed by atoms with van der Waals surface area (Å²) in [5.41, 5.74) is 0.704. The van der Waals surface area contributed by atoms with Gasteiger partial charge in [0.05, 0.1) is 43.0 Å². The van der Waals surface area contributed by atoms with E-state index in [4.69, 9.17) is 33.2 Å². The Balaban J connectivity index is 1.18. The molecule has 6 unspecified atom stereocenters. The van der Waals surface area contributed by atoms with E-state index in [9.17, 15) is 19.5 Å². The molecule has 12 nitrogen and oxygen atoms in total. The molecule has 12 heteroatoms. The number of Topliss-reactive ketones (excluding diaryl/α,β-unsaturated/α-hetero) is 1. The number of ether oxygens (including phenoxy) is 7. The Kier molecular flexibility index (Phi) is 14.0. The minimum atomic E-state index is -0.693. The van der Waals surface area contributed by atoms with Crippen molar-refractivity contribution in [2.75, 3.05) is 20.8 Å². The van der Waals surface area contributed by atoms with Crippen LogP contribution >= 0.6 is 0 Å². The Morgan fingerprint density at radius 2 is 1.80 bits per heavy atom. The van der Waals surface area contributed by atoms with Crippen molar-refractivity contribution in [2.45, 2.75) is 154 Å². The lowest BCUT2D eigenvalue weighted by molar-refractivity contribution is -0.297. The molecule has 1 saturated carbocycles. The van der Waals surface area contributed by atoms with E-state index < -0.39 is 42.9 Å². The van der Waals surface area contributed by atoms with Crippen molar-refractivity contribution >= 4 is 17.8 Å². The monoisotopic (exact) mass is 771 g/mol. The fraction of sp³-hybridized carbons (Fsp3) is 0.791. The zero-order chi connectivity index (χ0) is 39.6. The van der Waals surface area contributed by atoms with Crippen molar-refractivity contribution in [1.29, 1.82) is 0 Å². The van der Waals surface area contributed by atoms with Gasteiger partial charge in [0.1, 0.15) is 18.8 Å². The molecule has 3 saturated heterocycles. The fourth-order valence-electron chi connectivity index (χ4n) is 10.2. The number of amides is 1. The molecule has 308 valence electrons. The minimum Gasteiger partial charge on any atom is -0.462 e. The molecular weight excluding hydrogens is 706 g/mol.